The first-order valence-corrected chi connectivity index (χ1v) is 6.91. The number of halogens is 1. The molecule has 2 aromatic rings. The van der Waals surface area contributed by atoms with Crippen LogP contribution in [0.15, 0.2) is 36.7 Å². The van der Waals surface area contributed by atoms with E-state index in [1.807, 2.05) is 32.0 Å². The molecular weight excluding hydrogens is 271 g/mol. The Morgan fingerprint density at radius 2 is 1.76 bits per heavy atom. The summed E-state index contributed by atoms with van der Waals surface area (Å²) in [5.41, 5.74) is 7.60. The number of rotatable bonds is 6. The van der Waals surface area contributed by atoms with E-state index in [0.717, 1.165) is 11.8 Å². The average Bonchev–Trinajstić information content (AvgIpc) is 2.49. The third-order valence-electron chi connectivity index (χ3n) is 3.01. The van der Waals surface area contributed by atoms with Crippen LogP contribution in [-0.4, -0.2) is 18.2 Å². The molecule has 4 nitrogen and oxygen atoms in total. The zero-order valence-corrected chi connectivity index (χ0v) is 12.2. The number of benzene rings is 1. The Hall–Kier alpha value is -2.14. The van der Waals surface area contributed by atoms with Crippen LogP contribution < -0.4 is 15.2 Å². The van der Waals surface area contributed by atoms with Crippen LogP contribution >= 0.6 is 0 Å². The minimum absolute atomic E-state index is 0.404. The molecule has 1 aromatic heterocycles. The Balaban J connectivity index is 2.32. The van der Waals surface area contributed by atoms with E-state index >= 15 is 0 Å². The number of pyridine rings is 1. The Morgan fingerprint density at radius 1 is 1.05 bits per heavy atom. The maximum atomic E-state index is 13.2. The molecule has 0 spiro atoms. The lowest BCUT2D eigenvalue weighted by atomic mass is 10.0. The van der Waals surface area contributed by atoms with Crippen LogP contribution in [0.1, 0.15) is 31.0 Å². The predicted molar refractivity (Wildman–Crippen MR) is 79.0 cm³/mol. The van der Waals surface area contributed by atoms with E-state index in [1.165, 1.54) is 6.07 Å². The fraction of sp³-hybridized carbons (Fsp3) is 0.312. The van der Waals surface area contributed by atoms with Crippen LogP contribution in [0.5, 0.6) is 11.5 Å². The molecule has 0 radical (unpaired) electrons. The van der Waals surface area contributed by atoms with E-state index in [0.29, 0.717) is 30.3 Å². The molecule has 1 unspecified atom stereocenters. The quantitative estimate of drug-likeness (QED) is 0.888. The highest BCUT2D eigenvalue weighted by Crippen LogP contribution is 2.31. The molecule has 1 heterocycles. The summed E-state index contributed by atoms with van der Waals surface area (Å²) in [6.07, 6.45) is 2.71. The normalized spacial score (nSPS) is 12.0. The van der Waals surface area contributed by atoms with Gasteiger partial charge in [0, 0.05) is 6.20 Å². The van der Waals surface area contributed by atoms with Gasteiger partial charge in [0.2, 0.25) is 0 Å². The van der Waals surface area contributed by atoms with Crippen molar-refractivity contribution in [2.75, 3.05) is 13.2 Å². The van der Waals surface area contributed by atoms with Crippen molar-refractivity contribution in [2.45, 2.75) is 19.9 Å². The van der Waals surface area contributed by atoms with Crippen molar-refractivity contribution >= 4 is 0 Å². The van der Waals surface area contributed by atoms with Gasteiger partial charge in [-0.25, -0.2) is 4.39 Å². The van der Waals surface area contributed by atoms with Crippen LogP contribution in [0.4, 0.5) is 4.39 Å². The summed E-state index contributed by atoms with van der Waals surface area (Å²) in [7, 11) is 0. The van der Waals surface area contributed by atoms with Gasteiger partial charge in [0.1, 0.15) is 5.82 Å². The third-order valence-corrected chi connectivity index (χ3v) is 3.01. The topological polar surface area (TPSA) is 57.4 Å². The largest absolute Gasteiger partial charge is 0.490 e. The summed E-state index contributed by atoms with van der Waals surface area (Å²) < 4.78 is 24.3. The molecule has 0 aliphatic heterocycles. The van der Waals surface area contributed by atoms with Gasteiger partial charge in [-0.15, -0.1) is 0 Å². The van der Waals surface area contributed by atoms with Crippen LogP contribution in [0.2, 0.25) is 0 Å². The van der Waals surface area contributed by atoms with E-state index in [1.54, 1.807) is 6.20 Å². The first-order valence-electron chi connectivity index (χ1n) is 6.91. The Labute approximate surface area is 123 Å². The average molecular weight is 290 g/mol. The number of ether oxygens (including phenoxy) is 2. The maximum Gasteiger partial charge on any atom is 0.161 e. The molecule has 0 bridgehead atoms. The lowest BCUT2D eigenvalue weighted by molar-refractivity contribution is 0.287. The van der Waals surface area contributed by atoms with Crippen molar-refractivity contribution in [1.82, 2.24) is 4.98 Å². The van der Waals surface area contributed by atoms with E-state index in [4.69, 9.17) is 15.2 Å². The summed E-state index contributed by atoms with van der Waals surface area (Å²) in [5, 5.41) is 0. The highest BCUT2D eigenvalue weighted by atomic mass is 19.1. The highest BCUT2D eigenvalue weighted by molar-refractivity contribution is 5.45. The van der Waals surface area contributed by atoms with Crippen LogP contribution in [-0.2, 0) is 0 Å². The first-order chi connectivity index (χ1) is 10.2. The molecule has 21 heavy (non-hydrogen) atoms. The van der Waals surface area contributed by atoms with Gasteiger partial charge in [0.05, 0.1) is 25.5 Å². The molecule has 0 amide bonds. The summed E-state index contributed by atoms with van der Waals surface area (Å²) in [5.74, 6) is 0.906. The van der Waals surface area contributed by atoms with Crippen molar-refractivity contribution in [3.05, 3.63) is 53.6 Å². The van der Waals surface area contributed by atoms with Gasteiger partial charge in [-0.05, 0) is 43.2 Å². The van der Waals surface area contributed by atoms with Crippen LogP contribution in [0.3, 0.4) is 0 Å². The van der Waals surface area contributed by atoms with Gasteiger partial charge in [-0.3, -0.25) is 4.98 Å². The first kappa shape index (κ1) is 15.3. The molecule has 0 aliphatic carbocycles. The number of hydrogen-bond donors (Lipinski definition) is 1. The molecule has 112 valence electrons. The molecular formula is C16H19FN2O2. The third kappa shape index (κ3) is 3.70. The summed E-state index contributed by atoms with van der Waals surface area (Å²) in [6, 6.07) is 6.40. The molecule has 1 atom stereocenters. The fourth-order valence-electron chi connectivity index (χ4n) is 2.05. The SMILES string of the molecule is CCOc1ccc(C(N)c2cncc(F)c2)cc1OCC. The minimum atomic E-state index is -0.469. The van der Waals surface area contributed by atoms with Crippen LogP contribution in [0.25, 0.3) is 0 Å². The molecule has 2 N–H and O–H groups in total. The second-order valence-corrected chi connectivity index (χ2v) is 4.49. The van der Waals surface area contributed by atoms with Gasteiger partial charge in [-0.1, -0.05) is 6.07 Å². The Bertz CT molecular complexity index is 605. The van der Waals surface area contributed by atoms with Gasteiger partial charge in [0.15, 0.2) is 11.5 Å². The van der Waals surface area contributed by atoms with Gasteiger partial charge < -0.3 is 15.2 Å². The number of nitrogens with zero attached hydrogens (tertiary/aromatic N) is 1. The van der Waals surface area contributed by atoms with Crippen molar-refractivity contribution in [3.8, 4) is 11.5 Å². The molecule has 5 heteroatoms. The van der Waals surface area contributed by atoms with E-state index in [9.17, 15) is 4.39 Å². The molecule has 0 saturated carbocycles. The molecule has 0 aliphatic rings. The van der Waals surface area contributed by atoms with E-state index in [2.05, 4.69) is 4.98 Å². The maximum absolute atomic E-state index is 13.2. The lowest BCUT2D eigenvalue weighted by Crippen LogP contribution is -2.13. The van der Waals surface area contributed by atoms with E-state index in [-0.39, 0.29) is 0 Å². The summed E-state index contributed by atoms with van der Waals surface area (Å²) >= 11 is 0. The van der Waals surface area contributed by atoms with Gasteiger partial charge in [0.25, 0.3) is 0 Å². The lowest BCUT2D eigenvalue weighted by Gasteiger charge is -2.16. The Morgan fingerprint density at radius 3 is 2.43 bits per heavy atom. The Kier molecular flexibility index (Phi) is 5.11. The van der Waals surface area contributed by atoms with Crippen molar-refractivity contribution < 1.29 is 13.9 Å². The highest BCUT2D eigenvalue weighted by Gasteiger charge is 2.14. The summed E-state index contributed by atoms with van der Waals surface area (Å²) in [6.45, 7) is 4.90. The molecule has 0 fully saturated rings. The fourth-order valence-corrected chi connectivity index (χ4v) is 2.05. The monoisotopic (exact) mass is 290 g/mol. The van der Waals surface area contributed by atoms with Gasteiger partial charge >= 0.3 is 0 Å². The number of aromatic nitrogens is 1. The number of nitrogens with two attached hydrogens (primary N) is 1. The zero-order valence-electron chi connectivity index (χ0n) is 12.2. The summed E-state index contributed by atoms with van der Waals surface area (Å²) in [4.78, 5) is 3.83. The minimum Gasteiger partial charge on any atom is -0.490 e. The molecule has 2 rings (SSSR count). The molecule has 1 aromatic carbocycles. The smallest absolute Gasteiger partial charge is 0.161 e. The zero-order chi connectivity index (χ0) is 15.2. The van der Waals surface area contributed by atoms with Crippen molar-refractivity contribution in [1.29, 1.82) is 0 Å². The second kappa shape index (κ2) is 7.04. The van der Waals surface area contributed by atoms with E-state index < -0.39 is 11.9 Å². The van der Waals surface area contributed by atoms with Gasteiger partial charge in [-0.2, -0.15) is 0 Å². The standard InChI is InChI=1S/C16H19FN2O2/c1-3-20-14-6-5-11(8-15(14)21-4-2)16(18)12-7-13(17)10-19-9-12/h5-10,16H,3-4,18H2,1-2H3. The van der Waals surface area contributed by atoms with Crippen molar-refractivity contribution in [3.63, 3.8) is 0 Å². The van der Waals surface area contributed by atoms with Crippen LogP contribution in [0, 0.1) is 5.82 Å². The van der Waals surface area contributed by atoms with Crippen molar-refractivity contribution in [2.24, 2.45) is 5.73 Å². The predicted octanol–water partition coefficient (Wildman–Crippen LogP) is 3.07. The number of hydrogen-bond acceptors (Lipinski definition) is 4. The molecule has 0 saturated heterocycles. The second-order valence-electron chi connectivity index (χ2n) is 4.49.